The number of carbonyl (C=O) groups excluding carboxylic acids is 4. The Hall–Kier alpha value is -2.58. The molecule has 0 spiro atoms. The molecule has 0 aromatic carbocycles. The van der Waals surface area contributed by atoms with Gasteiger partial charge in [-0.25, -0.2) is 9.59 Å². The Balaban J connectivity index is 2.24. The first-order valence-corrected chi connectivity index (χ1v) is 12.0. The molecule has 2 aliphatic rings. The third-order valence-corrected chi connectivity index (χ3v) is 6.16. The maximum Gasteiger partial charge on any atom is 0.408 e. The van der Waals surface area contributed by atoms with Gasteiger partial charge in [0.25, 0.3) is 0 Å². The van der Waals surface area contributed by atoms with E-state index in [9.17, 15) is 19.2 Å². The number of rotatable bonds is 7. The molecule has 1 aliphatic heterocycles. The molecule has 3 amide bonds. The summed E-state index contributed by atoms with van der Waals surface area (Å²) >= 11 is 0. The Morgan fingerprint density at radius 1 is 1.18 bits per heavy atom. The average molecular weight is 480 g/mol. The fraction of sp³-hybridized carbons (Fsp3) is 0.760. The van der Waals surface area contributed by atoms with E-state index in [4.69, 9.17) is 9.47 Å². The Morgan fingerprint density at radius 3 is 2.26 bits per heavy atom. The number of hydrogen-bond donors (Lipinski definition) is 2. The molecule has 2 N–H and O–H groups in total. The summed E-state index contributed by atoms with van der Waals surface area (Å²) in [7, 11) is 0. The van der Waals surface area contributed by atoms with Gasteiger partial charge in [-0.3, -0.25) is 9.59 Å². The largest absolute Gasteiger partial charge is 0.464 e. The summed E-state index contributed by atoms with van der Waals surface area (Å²) in [6, 6.07) is -1.66. The summed E-state index contributed by atoms with van der Waals surface area (Å²) in [5, 5.41) is 5.56. The fourth-order valence-corrected chi connectivity index (χ4v) is 4.34. The van der Waals surface area contributed by atoms with Crippen molar-refractivity contribution in [2.75, 3.05) is 13.2 Å². The van der Waals surface area contributed by atoms with Crippen molar-refractivity contribution in [1.29, 1.82) is 0 Å². The number of nitrogens with zero attached hydrogens (tertiary/aromatic N) is 1. The van der Waals surface area contributed by atoms with Crippen LogP contribution in [0.5, 0.6) is 0 Å². The van der Waals surface area contributed by atoms with E-state index in [-0.39, 0.29) is 24.3 Å². The maximum atomic E-state index is 13.7. The van der Waals surface area contributed by atoms with Crippen molar-refractivity contribution in [3.8, 4) is 0 Å². The second kappa shape index (κ2) is 9.96. The number of carbonyl (C=O) groups is 4. The lowest BCUT2D eigenvalue weighted by molar-refractivity contribution is -0.150. The average Bonchev–Trinajstić information content (AvgIpc) is 3.26. The zero-order valence-electron chi connectivity index (χ0n) is 21.8. The minimum Gasteiger partial charge on any atom is -0.464 e. The minimum absolute atomic E-state index is 0.0785. The van der Waals surface area contributed by atoms with E-state index in [0.29, 0.717) is 19.4 Å². The van der Waals surface area contributed by atoms with Gasteiger partial charge in [0.15, 0.2) is 0 Å². The minimum atomic E-state index is -1.13. The third-order valence-electron chi connectivity index (χ3n) is 6.16. The van der Waals surface area contributed by atoms with E-state index >= 15 is 0 Å². The monoisotopic (exact) mass is 479 g/mol. The lowest BCUT2D eigenvalue weighted by Gasteiger charge is -2.36. The molecule has 2 rings (SSSR count). The number of alkyl carbamates (subject to hydrolysis) is 1. The summed E-state index contributed by atoms with van der Waals surface area (Å²) in [5.74, 6) is -1.38. The number of esters is 1. The first-order valence-electron chi connectivity index (χ1n) is 12.0. The maximum absolute atomic E-state index is 13.7. The molecule has 1 heterocycles. The van der Waals surface area contributed by atoms with Gasteiger partial charge in [0.05, 0.1) is 6.61 Å². The van der Waals surface area contributed by atoms with Gasteiger partial charge in [-0.05, 0) is 51.9 Å². The van der Waals surface area contributed by atoms with Gasteiger partial charge in [-0.1, -0.05) is 33.8 Å². The molecule has 192 valence electrons. The second-order valence-electron chi connectivity index (χ2n) is 11.5. The highest BCUT2D eigenvalue weighted by Gasteiger charge is 2.62. The van der Waals surface area contributed by atoms with Crippen LogP contribution in [0.2, 0.25) is 0 Å². The standard InChI is InChI=1S/C25H41N3O6/c1-10-16-13-25(16,21(31)33-11-2)27-19(29)17-12-15(3)14-28(17)20(30)18(23(4,5)6)26-22(32)34-24(7,8)9/h10,15-18H,1,11-14H2,2-9H3,(H,26,32)(H,27,29)/t15-,16-,17+,18-,25-/m1/s1. The summed E-state index contributed by atoms with van der Waals surface area (Å²) in [4.78, 5) is 53.6. The van der Waals surface area contributed by atoms with Gasteiger partial charge in [-0.2, -0.15) is 0 Å². The first-order chi connectivity index (χ1) is 15.6. The van der Waals surface area contributed by atoms with Crippen molar-refractivity contribution >= 4 is 23.9 Å². The molecule has 1 saturated heterocycles. The van der Waals surface area contributed by atoms with E-state index in [1.54, 1.807) is 33.8 Å². The summed E-state index contributed by atoms with van der Waals surface area (Å²) in [6.07, 6.45) is 1.82. The number of likely N-dealkylation sites (tertiary alicyclic amines) is 1. The van der Waals surface area contributed by atoms with E-state index in [1.807, 2.05) is 27.7 Å². The Kier molecular flexibility index (Phi) is 8.10. The van der Waals surface area contributed by atoms with Crippen LogP contribution in [0.25, 0.3) is 0 Å². The van der Waals surface area contributed by atoms with Crippen molar-refractivity contribution in [3.05, 3.63) is 12.7 Å². The molecule has 5 atom stereocenters. The summed E-state index contributed by atoms with van der Waals surface area (Å²) < 4.78 is 10.5. The SMILES string of the molecule is C=C[C@@H]1C[C@]1(NC(=O)[C@@H]1C[C@@H](C)CN1C(=O)[C@@H](NC(=O)OC(C)(C)C)C(C)(C)C)C(=O)OCC. The van der Waals surface area contributed by atoms with Crippen molar-refractivity contribution in [2.45, 2.75) is 91.5 Å². The van der Waals surface area contributed by atoms with E-state index in [2.05, 4.69) is 17.2 Å². The molecule has 1 saturated carbocycles. The Morgan fingerprint density at radius 2 is 1.79 bits per heavy atom. The number of nitrogens with one attached hydrogen (secondary N) is 2. The van der Waals surface area contributed by atoms with Crippen LogP contribution >= 0.6 is 0 Å². The predicted octanol–water partition coefficient (Wildman–Crippen LogP) is 2.79. The third kappa shape index (κ3) is 6.30. The van der Waals surface area contributed by atoms with Gasteiger partial charge < -0.3 is 25.0 Å². The lowest BCUT2D eigenvalue weighted by Crippen LogP contribution is -2.59. The highest BCUT2D eigenvalue weighted by molar-refractivity contribution is 5.96. The van der Waals surface area contributed by atoms with Crippen molar-refractivity contribution in [3.63, 3.8) is 0 Å². The summed E-state index contributed by atoms with van der Waals surface area (Å²) in [6.45, 7) is 18.8. The zero-order chi connectivity index (χ0) is 26.1. The highest BCUT2D eigenvalue weighted by atomic mass is 16.6. The van der Waals surface area contributed by atoms with Crippen LogP contribution in [0, 0.1) is 17.3 Å². The van der Waals surface area contributed by atoms with Crippen LogP contribution < -0.4 is 10.6 Å². The summed E-state index contributed by atoms with van der Waals surface area (Å²) in [5.41, 5.74) is -2.47. The molecule has 34 heavy (non-hydrogen) atoms. The van der Waals surface area contributed by atoms with Crippen LogP contribution in [-0.2, 0) is 23.9 Å². The first kappa shape index (κ1) is 27.7. The molecule has 0 radical (unpaired) electrons. The van der Waals surface area contributed by atoms with E-state index in [0.717, 1.165) is 0 Å². The normalized spacial score (nSPS) is 27.4. The molecule has 0 bridgehead atoms. The van der Waals surface area contributed by atoms with Gasteiger partial charge in [0, 0.05) is 12.5 Å². The fourth-order valence-electron chi connectivity index (χ4n) is 4.34. The van der Waals surface area contributed by atoms with E-state index in [1.165, 1.54) is 4.90 Å². The van der Waals surface area contributed by atoms with E-state index < -0.39 is 46.6 Å². The van der Waals surface area contributed by atoms with Crippen LogP contribution in [0.4, 0.5) is 4.79 Å². The zero-order valence-corrected chi connectivity index (χ0v) is 21.8. The molecule has 9 nitrogen and oxygen atoms in total. The lowest BCUT2D eigenvalue weighted by atomic mass is 9.85. The van der Waals surface area contributed by atoms with Crippen molar-refractivity contribution in [1.82, 2.24) is 15.5 Å². The van der Waals surface area contributed by atoms with Gasteiger partial charge in [-0.15, -0.1) is 6.58 Å². The smallest absolute Gasteiger partial charge is 0.408 e. The van der Waals surface area contributed by atoms with Crippen molar-refractivity contribution < 1.29 is 28.7 Å². The molecule has 1 aliphatic carbocycles. The van der Waals surface area contributed by atoms with Gasteiger partial charge in [0.2, 0.25) is 11.8 Å². The predicted molar refractivity (Wildman–Crippen MR) is 128 cm³/mol. The molecular formula is C25H41N3O6. The Labute approximate surface area is 203 Å². The van der Waals surface area contributed by atoms with Crippen LogP contribution in [-0.4, -0.2) is 65.2 Å². The number of ether oxygens (including phenoxy) is 2. The van der Waals surface area contributed by atoms with Crippen molar-refractivity contribution in [2.24, 2.45) is 17.3 Å². The Bertz CT molecular complexity index is 827. The van der Waals surface area contributed by atoms with Crippen LogP contribution in [0.3, 0.4) is 0 Å². The topological polar surface area (TPSA) is 114 Å². The van der Waals surface area contributed by atoms with Crippen LogP contribution in [0.1, 0.15) is 68.2 Å². The molecular weight excluding hydrogens is 438 g/mol. The van der Waals surface area contributed by atoms with Gasteiger partial charge in [0.1, 0.15) is 23.2 Å². The quantitative estimate of drug-likeness (QED) is 0.429. The molecule has 0 aromatic rings. The van der Waals surface area contributed by atoms with Crippen LogP contribution in [0.15, 0.2) is 12.7 Å². The molecule has 0 unspecified atom stereocenters. The molecule has 2 fully saturated rings. The molecule has 0 aromatic heterocycles. The molecule has 9 heteroatoms. The highest BCUT2D eigenvalue weighted by Crippen LogP contribution is 2.45. The van der Waals surface area contributed by atoms with Gasteiger partial charge >= 0.3 is 12.1 Å². The second-order valence-corrected chi connectivity index (χ2v) is 11.5. The number of amides is 3. The number of hydrogen-bond acceptors (Lipinski definition) is 6.